The molecule has 1 aromatic rings. The van der Waals surface area contributed by atoms with Gasteiger partial charge in [0, 0.05) is 32.6 Å². The van der Waals surface area contributed by atoms with E-state index in [-0.39, 0.29) is 33.0 Å². The van der Waals surface area contributed by atoms with Crippen LogP contribution in [-0.2, 0) is 4.79 Å². The van der Waals surface area contributed by atoms with Crippen molar-refractivity contribution in [3.63, 3.8) is 0 Å². The first-order valence-electron chi connectivity index (χ1n) is 20.3. The Labute approximate surface area is 314 Å². The van der Waals surface area contributed by atoms with Crippen LogP contribution in [0.5, 0.6) is 0 Å². The molecule has 8 heteroatoms. The van der Waals surface area contributed by atoms with Gasteiger partial charge in [0.15, 0.2) is 0 Å². The molecule has 4 saturated carbocycles. The minimum Gasteiger partial charge on any atom is -0.478 e. The number of fused-ring (bicyclic) bond motifs is 7. The molecule has 1 aromatic carbocycles. The van der Waals surface area contributed by atoms with Crippen molar-refractivity contribution in [3.05, 3.63) is 53.6 Å². The number of amides is 1. The molecule has 1 amide bonds. The molecule has 0 bridgehead atoms. The second-order valence-corrected chi connectivity index (χ2v) is 22.0. The summed E-state index contributed by atoms with van der Waals surface area (Å²) in [5.41, 5.74) is 4.98. The highest BCUT2D eigenvalue weighted by Gasteiger charge is 2.70. The first-order chi connectivity index (χ1) is 24.4. The largest absolute Gasteiger partial charge is 0.478 e. The zero-order chi connectivity index (χ0) is 37.5. The summed E-state index contributed by atoms with van der Waals surface area (Å²) in [6, 6.07) is 7.55. The van der Waals surface area contributed by atoms with Crippen molar-refractivity contribution in [1.82, 2.24) is 10.2 Å². The number of rotatable bonds is 8. The summed E-state index contributed by atoms with van der Waals surface area (Å²) in [7, 11) is -2.43. The Morgan fingerprint density at radius 1 is 0.904 bits per heavy atom. The van der Waals surface area contributed by atoms with Crippen LogP contribution >= 0.6 is 10.6 Å². The van der Waals surface area contributed by atoms with Crippen molar-refractivity contribution < 1.29 is 23.8 Å². The predicted molar refractivity (Wildman–Crippen MR) is 212 cm³/mol. The van der Waals surface area contributed by atoms with E-state index in [1.54, 1.807) is 12.1 Å². The highest BCUT2D eigenvalue weighted by atomic mass is 32.3. The molecule has 5 aliphatic carbocycles. The topological polar surface area (TPSA) is 110 Å². The van der Waals surface area contributed by atoms with Crippen molar-refractivity contribution in [2.45, 2.75) is 106 Å². The molecule has 1 saturated heterocycles. The molecule has 288 valence electrons. The van der Waals surface area contributed by atoms with Crippen LogP contribution in [0.15, 0.2) is 42.5 Å². The van der Waals surface area contributed by atoms with Crippen molar-refractivity contribution in [1.29, 1.82) is 0 Å². The maximum absolute atomic E-state index is 13.3. The van der Waals surface area contributed by atoms with Gasteiger partial charge in [-0.2, -0.15) is 10.6 Å². The first-order valence-corrected chi connectivity index (χ1v) is 22.2. The van der Waals surface area contributed by atoms with E-state index in [0.717, 1.165) is 18.5 Å². The number of hydrogen-bond acceptors (Lipinski definition) is 5. The Balaban J connectivity index is 1.10. The average molecular weight is 735 g/mol. The number of carbonyl (C=O) groups excluding carboxylic acids is 1. The Kier molecular flexibility index (Phi) is 9.74. The fourth-order valence-corrected chi connectivity index (χ4v) is 15.4. The van der Waals surface area contributed by atoms with Crippen LogP contribution in [0.3, 0.4) is 0 Å². The number of benzene rings is 1. The molecule has 5 fully saturated rings. The van der Waals surface area contributed by atoms with Crippen LogP contribution in [0.1, 0.15) is 122 Å². The lowest BCUT2D eigenvalue weighted by Crippen LogP contribution is -2.66. The van der Waals surface area contributed by atoms with Gasteiger partial charge in [0.1, 0.15) is 0 Å². The van der Waals surface area contributed by atoms with Crippen LogP contribution < -0.4 is 5.32 Å². The average Bonchev–Trinajstić information content (AvgIpc) is 3.47. The molecule has 0 unspecified atom stereocenters. The maximum atomic E-state index is 13.3. The van der Waals surface area contributed by atoms with Gasteiger partial charge in [0.05, 0.1) is 17.1 Å². The minimum atomic E-state index is -2.43. The summed E-state index contributed by atoms with van der Waals surface area (Å²) in [6.07, 6.45) is 13.8. The second-order valence-electron chi connectivity index (χ2n) is 19.6. The quantitative estimate of drug-likeness (QED) is 0.198. The summed E-state index contributed by atoms with van der Waals surface area (Å²) >= 11 is 0. The fourth-order valence-electron chi connectivity index (χ4n) is 14.1. The smallest absolute Gasteiger partial charge is 0.335 e. The third-order valence-corrected chi connectivity index (χ3v) is 18.7. The molecule has 0 radical (unpaired) electrons. The monoisotopic (exact) mass is 734 g/mol. The van der Waals surface area contributed by atoms with Gasteiger partial charge >= 0.3 is 5.97 Å². The minimum absolute atomic E-state index is 0.00939. The Morgan fingerprint density at radius 3 is 2.25 bits per heavy atom. The summed E-state index contributed by atoms with van der Waals surface area (Å²) in [6.45, 7) is 22.4. The molecule has 0 spiro atoms. The highest BCUT2D eigenvalue weighted by molar-refractivity contribution is 8.24. The molecule has 1 aliphatic heterocycles. The van der Waals surface area contributed by atoms with Gasteiger partial charge in [-0.3, -0.25) is 18.8 Å². The Hall–Kier alpha value is -2.13. The molecule has 7 rings (SSSR count). The number of carboxylic acid groups (broad SMARTS) is 1. The van der Waals surface area contributed by atoms with E-state index < -0.39 is 16.6 Å². The van der Waals surface area contributed by atoms with Crippen LogP contribution in [0, 0.1) is 56.7 Å². The number of hydrogen-bond donors (Lipinski definition) is 4. The number of allylic oxidation sites excluding steroid dienone is 3. The molecule has 52 heavy (non-hydrogen) atoms. The number of aromatic carboxylic acids is 1. The normalized spacial score (nSPS) is 41.3. The third-order valence-electron chi connectivity index (χ3n) is 17.0. The highest BCUT2D eigenvalue weighted by Crippen LogP contribution is 2.77. The molecule has 9 atom stereocenters. The van der Waals surface area contributed by atoms with Gasteiger partial charge < -0.3 is 10.4 Å². The summed E-state index contributed by atoms with van der Waals surface area (Å²) in [4.78, 5) is 27.1. The predicted octanol–water partition coefficient (Wildman–Crippen LogP) is 9.61. The third kappa shape index (κ3) is 6.05. The van der Waals surface area contributed by atoms with E-state index in [0.29, 0.717) is 72.7 Å². The molecule has 0 aromatic heterocycles. The lowest BCUT2D eigenvalue weighted by molar-refractivity contribution is -0.225. The molecule has 6 aliphatic rings. The van der Waals surface area contributed by atoms with E-state index in [2.05, 4.69) is 64.4 Å². The zero-order valence-corrected chi connectivity index (χ0v) is 33.6. The van der Waals surface area contributed by atoms with Crippen LogP contribution in [-0.4, -0.2) is 68.7 Å². The number of nitrogens with one attached hydrogen (secondary N) is 1. The van der Waals surface area contributed by atoms with E-state index in [1.165, 1.54) is 62.5 Å². The van der Waals surface area contributed by atoms with Gasteiger partial charge in [0.2, 0.25) is 5.91 Å². The first kappa shape index (κ1) is 38.2. The van der Waals surface area contributed by atoms with E-state index in [4.69, 9.17) is 0 Å². The molecule has 7 nitrogen and oxygen atoms in total. The van der Waals surface area contributed by atoms with Gasteiger partial charge in [-0.1, -0.05) is 65.0 Å². The number of carboxylic acids is 1. The molecule has 1 heterocycles. The van der Waals surface area contributed by atoms with Crippen molar-refractivity contribution in [3.8, 4) is 0 Å². The van der Waals surface area contributed by atoms with Gasteiger partial charge in [0.25, 0.3) is 0 Å². The van der Waals surface area contributed by atoms with Crippen LogP contribution in [0.25, 0.3) is 5.57 Å². The summed E-state index contributed by atoms with van der Waals surface area (Å²) in [5, 5.41) is 13.0. The number of nitrogens with zero attached hydrogens (tertiary/aromatic N) is 1. The summed E-state index contributed by atoms with van der Waals surface area (Å²) < 4.78 is 20.0. The second kappa shape index (κ2) is 13.3. The molecular formula is C44H66N2O5S. The van der Waals surface area contributed by atoms with Crippen LogP contribution in [0.4, 0.5) is 0 Å². The van der Waals surface area contributed by atoms with E-state index in [9.17, 15) is 23.8 Å². The maximum Gasteiger partial charge on any atom is 0.335 e. The van der Waals surface area contributed by atoms with Crippen molar-refractivity contribution >= 4 is 28.0 Å². The van der Waals surface area contributed by atoms with Gasteiger partial charge in [-0.15, -0.1) is 0 Å². The SMILES string of the molecule is C=C(C)[C@@H]1CC[C@]2(CNC(=O)CCN3CCS(O)(O)CC3)CC[C@]3(C)[C@H](CC[C@@H]4[C@@]5(C)CC=C(c6ccc(C(=O)O)cc6)C(C)(C)[C@@H]5CC[C@]43C)[C@@H]12. The molecular weight excluding hydrogens is 669 g/mol. The van der Waals surface area contributed by atoms with Gasteiger partial charge in [-0.25, -0.2) is 4.79 Å². The van der Waals surface area contributed by atoms with Gasteiger partial charge in [-0.05, 0) is 145 Å². The van der Waals surface area contributed by atoms with Crippen molar-refractivity contribution in [2.75, 3.05) is 37.7 Å². The van der Waals surface area contributed by atoms with Crippen LogP contribution in [0.2, 0.25) is 0 Å². The Morgan fingerprint density at radius 2 is 1.60 bits per heavy atom. The van der Waals surface area contributed by atoms with E-state index >= 15 is 0 Å². The Bertz CT molecular complexity index is 1610. The van der Waals surface area contributed by atoms with Crippen molar-refractivity contribution in [2.24, 2.45) is 56.7 Å². The summed E-state index contributed by atoms with van der Waals surface area (Å²) in [5.74, 6) is 2.96. The zero-order valence-electron chi connectivity index (χ0n) is 32.8. The number of carbonyl (C=O) groups is 2. The lowest BCUT2D eigenvalue weighted by Gasteiger charge is -2.72. The van der Waals surface area contributed by atoms with E-state index in [1.807, 2.05) is 12.1 Å². The molecule has 4 N–H and O–H groups in total. The standard InChI is InChI=1S/C44H66N2O5S/c1-29(2)32-14-20-44(28-45-37(47)17-23-46-24-26-52(50,51)27-25-46)22-21-42(6)34(38(32)44)12-13-36-41(5)18-15-33(30-8-10-31(11-9-30)39(48)49)40(3,4)35(41)16-19-43(36,42)7/h8-11,15,32,34-36,38,50-51H,1,12-14,16-28H2,2-7H3,(H,45,47)(H,48,49)/t32-,34+,35-,36+,38+,41-,42+,43+,44+/m0/s1. The lowest BCUT2D eigenvalue weighted by atomic mass is 9.32. The fraction of sp³-hybridized carbons (Fsp3) is 0.727.